The van der Waals surface area contributed by atoms with Crippen LogP contribution in [-0.4, -0.2) is 76.5 Å². The summed E-state index contributed by atoms with van der Waals surface area (Å²) in [5.41, 5.74) is -0.426. The number of hydrogen-bond donors (Lipinski definition) is 1. The number of rotatable bonds is 8. The van der Waals surface area contributed by atoms with Gasteiger partial charge in [-0.25, -0.2) is 9.97 Å². The standard InChI is InChI=1S/C28H38F3N5O3/c1-16(2)35(4)20-7-9-24(18(13-20)12-17(3)27(38)39-5)36-11-10-23(26(36)37)34-25-21-14-19(28(29,30)31)6-8-22(21)32-15-33-25/h6,8,14-18,20,23-24H,7,9-13H2,1-5H3,(H,32,33,34)/t17?,18-,20?,23?,24?/m1/s1. The van der Waals surface area contributed by atoms with Crippen molar-refractivity contribution in [2.24, 2.45) is 11.8 Å². The number of esters is 1. The molecule has 1 saturated heterocycles. The molecule has 1 aromatic heterocycles. The molecule has 11 heteroatoms. The summed E-state index contributed by atoms with van der Waals surface area (Å²) >= 11 is 0. The van der Waals surface area contributed by atoms with E-state index >= 15 is 0 Å². The molecular weight excluding hydrogens is 511 g/mol. The average Bonchev–Trinajstić information content (AvgIpc) is 3.26. The smallest absolute Gasteiger partial charge is 0.416 e. The van der Waals surface area contributed by atoms with Crippen LogP contribution in [0, 0.1) is 11.8 Å². The summed E-state index contributed by atoms with van der Waals surface area (Å²) in [6.07, 6.45) is 0.559. The van der Waals surface area contributed by atoms with E-state index in [0.717, 1.165) is 31.4 Å². The Morgan fingerprint density at radius 3 is 2.62 bits per heavy atom. The molecule has 1 aliphatic heterocycles. The molecule has 1 saturated carbocycles. The van der Waals surface area contributed by atoms with E-state index < -0.39 is 17.8 Å². The van der Waals surface area contributed by atoms with Crippen LogP contribution < -0.4 is 5.32 Å². The van der Waals surface area contributed by atoms with Crippen LogP contribution in [0.3, 0.4) is 0 Å². The number of amides is 1. The molecule has 2 fully saturated rings. The van der Waals surface area contributed by atoms with Crippen molar-refractivity contribution in [2.75, 3.05) is 26.0 Å². The minimum Gasteiger partial charge on any atom is -0.469 e. The van der Waals surface area contributed by atoms with Gasteiger partial charge in [0.05, 0.1) is 24.1 Å². The number of likely N-dealkylation sites (tertiary alicyclic amines) is 1. The van der Waals surface area contributed by atoms with E-state index in [4.69, 9.17) is 4.74 Å². The Bertz CT molecular complexity index is 1190. The van der Waals surface area contributed by atoms with Gasteiger partial charge in [-0.15, -0.1) is 0 Å². The number of fused-ring (bicyclic) bond motifs is 1. The molecule has 8 nitrogen and oxygen atoms in total. The number of nitrogens with one attached hydrogen (secondary N) is 1. The third-order valence-corrected chi connectivity index (χ3v) is 8.48. The quantitative estimate of drug-likeness (QED) is 0.476. The van der Waals surface area contributed by atoms with Gasteiger partial charge in [-0.05, 0) is 77.1 Å². The molecule has 2 aliphatic rings. The maximum absolute atomic E-state index is 13.7. The Morgan fingerprint density at radius 1 is 1.21 bits per heavy atom. The molecule has 39 heavy (non-hydrogen) atoms. The van der Waals surface area contributed by atoms with E-state index in [1.807, 2.05) is 11.8 Å². The first kappa shape index (κ1) is 29.0. The monoisotopic (exact) mass is 549 g/mol. The maximum Gasteiger partial charge on any atom is 0.416 e. The summed E-state index contributed by atoms with van der Waals surface area (Å²) < 4.78 is 45.0. The first-order chi connectivity index (χ1) is 18.4. The number of carbonyl (C=O) groups excluding carboxylic acids is 2. The average molecular weight is 550 g/mol. The minimum atomic E-state index is -4.50. The van der Waals surface area contributed by atoms with Crippen LogP contribution >= 0.6 is 0 Å². The van der Waals surface area contributed by atoms with E-state index in [1.54, 1.807) is 0 Å². The van der Waals surface area contributed by atoms with Gasteiger partial charge in [-0.3, -0.25) is 9.59 Å². The summed E-state index contributed by atoms with van der Waals surface area (Å²) in [6, 6.07) is 3.44. The van der Waals surface area contributed by atoms with Crippen LogP contribution in [0.4, 0.5) is 19.0 Å². The summed E-state index contributed by atoms with van der Waals surface area (Å²) in [4.78, 5) is 38.4. The SMILES string of the molecule is COC(=O)C(C)C[C@@H]1CC(N(C)C(C)C)CCC1N1CCC(Nc2ncnc3ccc(C(F)(F)F)cc23)C1=O. The van der Waals surface area contributed by atoms with Crippen molar-refractivity contribution >= 4 is 28.6 Å². The maximum atomic E-state index is 13.7. The van der Waals surface area contributed by atoms with Crippen molar-refractivity contribution in [3.8, 4) is 0 Å². The van der Waals surface area contributed by atoms with Crippen molar-refractivity contribution in [2.45, 2.75) is 83.2 Å². The first-order valence-electron chi connectivity index (χ1n) is 13.6. The molecule has 1 amide bonds. The molecule has 0 radical (unpaired) electrons. The fourth-order valence-corrected chi connectivity index (χ4v) is 6.11. The summed E-state index contributed by atoms with van der Waals surface area (Å²) in [5.74, 6) is -0.299. The van der Waals surface area contributed by atoms with Crippen molar-refractivity contribution in [3.05, 3.63) is 30.1 Å². The second-order valence-electron chi connectivity index (χ2n) is 11.2. The van der Waals surface area contributed by atoms with Crippen LogP contribution in [0.25, 0.3) is 10.9 Å². The summed E-state index contributed by atoms with van der Waals surface area (Å²) in [6.45, 7) is 6.72. The highest BCUT2D eigenvalue weighted by atomic mass is 19.4. The molecule has 1 N–H and O–H groups in total. The highest BCUT2D eigenvalue weighted by molar-refractivity contribution is 5.93. The van der Waals surface area contributed by atoms with Crippen LogP contribution in [0.1, 0.15) is 58.4 Å². The Balaban J connectivity index is 1.54. The van der Waals surface area contributed by atoms with Gasteiger partial charge in [0.15, 0.2) is 0 Å². The Hall–Kier alpha value is -2.95. The van der Waals surface area contributed by atoms with E-state index in [9.17, 15) is 22.8 Å². The topological polar surface area (TPSA) is 87.7 Å². The zero-order chi connectivity index (χ0) is 28.5. The molecule has 1 aromatic carbocycles. The van der Waals surface area contributed by atoms with Gasteiger partial charge in [-0.1, -0.05) is 6.92 Å². The zero-order valence-electron chi connectivity index (χ0n) is 23.2. The number of aromatic nitrogens is 2. The van der Waals surface area contributed by atoms with Crippen LogP contribution in [-0.2, 0) is 20.5 Å². The van der Waals surface area contributed by atoms with Crippen LogP contribution in [0.15, 0.2) is 24.5 Å². The van der Waals surface area contributed by atoms with Gasteiger partial charge in [0.25, 0.3) is 0 Å². The Kier molecular flexibility index (Phi) is 8.68. The predicted molar refractivity (Wildman–Crippen MR) is 142 cm³/mol. The van der Waals surface area contributed by atoms with E-state index in [2.05, 4.69) is 41.1 Å². The van der Waals surface area contributed by atoms with Crippen molar-refractivity contribution < 1.29 is 27.5 Å². The molecule has 0 spiro atoms. The molecular formula is C28H38F3N5O3. The molecule has 214 valence electrons. The molecule has 0 bridgehead atoms. The fraction of sp³-hybridized carbons (Fsp3) is 0.643. The number of alkyl halides is 3. The number of hydrogen-bond acceptors (Lipinski definition) is 7. The third kappa shape index (κ3) is 6.28. The third-order valence-electron chi connectivity index (χ3n) is 8.48. The number of benzene rings is 1. The number of carbonyl (C=O) groups is 2. The van der Waals surface area contributed by atoms with Gasteiger partial charge < -0.3 is 19.9 Å². The zero-order valence-corrected chi connectivity index (χ0v) is 23.2. The van der Waals surface area contributed by atoms with Gasteiger partial charge in [0.1, 0.15) is 18.2 Å². The predicted octanol–water partition coefficient (Wildman–Crippen LogP) is 4.74. The molecule has 2 heterocycles. The number of halogens is 3. The van der Waals surface area contributed by atoms with Crippen LogP contribution in [0.2, 0.25) is 0 Å². The molecule has 2 aromatic rings. The second-order valence-corrected chi connectivity index (χ2v) is 11.2. The lowest BCUT2D eigenvalue weighted by Gasteiger charge is -2.45. The van der Waals surface area contributed by atoms with Gasteiger partial charge >= 0.3 is 12.1 Å². The Labute approximate surface area is 227 Å². The molecule has 1 aliphatic carbocycles. The number of nitrogens with zero attached hydrogens (tertiary/aromatic N) is 4. The van der Waals surface area contributed by atoms with E-state index in [1.165, 1.54) is 19.5 Å². The second kappa shape index (κ2) is 11.7. The number of ether oxygens (including phenoxy) is 1. The van der Waals surface area contributed by atoms with E-state index in [-0.39, 0.29) is 41.0 Å². The lowest BCUT2D eigenvalue weighted by Crippen LogP contribution is -2.51. The van der Waals surface area contributed by atoms with Crippen molar-refractivity contribution in [1.29, 1.82) is 0 Å². The van der Waals surface area contributed by atoms with Gasteiger partial charge in [-0.2, -0.15) is 13.2 Å². The Morgan fingerprint density at radius 2 is 1.95 bits per heavy atom. The fourth-order valence-electron chi connectivity index (χ4n) is 6.11. The highest BCUT2D eigenvalue weighted by Gasteiger charge is 2.43. The lowest BCUT2D eigenvalue weighted by molar-refractivity contribution is -0.146. The normalized spacial score (nSPS) is 25.0. The number of methoxy groups -OCH3 is 1. The largest absolute Gasteiger partial charge is 0.469 e. The van der Waals surface area contributed by atoms with Gasteiger partial charge in [0.2, 0.25) is 5.91 Å². The minimum absolute atomic E-state index is 0.0211. The summed E-state index contributed by atoms with van der Waals surface area (Å²) in [7, 11) is 3.51. The lowest BCUT2D eigenvalue weighted by atomic mass is 9.76. The van der Waals surface area contributed by atoms with Crippen molar-refractivity contribution in [3.63, 3.8) is 0 Å². The van der Waals surface area contributed by atoms with Crippen molar-refractivity contribution in [1.82, 2.24) is 19.8 Å². The molecule has 5 atom stereocenters. The summed E-state index contributed by atoms with van der Waals surface area (Å²) in [5, 5.41) is 3.34. The van der Waals surface area contributed by atoms with E-state index in [0.29, 0.717) is 37.0 Å². The molecule has 4 rings (SSSR count). The van der Waals surface area contributed by atoms with Crippen LogP contribution in [0.5, 0.6) is 0 Å². The first-order valence-corrected chi connectivity index (χ1v) is 13.6. The highest BCUT2D eigenvalue weighted by Crippen LogP contribution is 2.38. The van der Waals surface area contributed by atoms with Gasteiger partial charge in [0, 0.05) is 30.1 Å². The molecule has 4 unspecified atom stereocenters. The number of anilines is 1.